The van der Waals surface area contributed by atoms with Crippen LogP contribution < -0.4 is 70.0 Å². The molecule has 5 aromatic rings. The maximum atomic E-state index is 15.4. The Bertz CT molecular complexity index is 4500. The summed E-state index contributed by atoms with van der Waals surface area (Å²) in [5.74, 6) is -29.1. The first-order valence-electron chi connectivity index (χ1n) is 33.7. The minimum absolute atomic E-state index is 0.0411. The Kier molecular flexibility index (Phi) is 29.6. The number of aliphatic hydroxyl groups is 1. The first kappa shape index (κ1) is 85.5. The number of aliphatic carboxylic acids is 3. The van der Waals surface area contributed by atoms with Crippen molar-refractivity contribution < 1.29 is 135 Å². The lowest BCUT2D eigenvalue weighted by Crippen LogP contribution is -2.62. The van der Waals surface area contributed by atoms with Crippen molar-refractivity contribution in [2.45, 2.75) is 145 Å². The number of aliphatic hydroxyl groups excluding tert-OH is 1. The number of phosphoric ester groups is 1. The van der Waals surface area contributed by atoms with Gasteiger partial charge >= 0.3 is 31.7 Å². The number of amides is 13. The van der Waals surface area contributed by atoms with Crippen molar-refractivity contribution in [1.82, 2.24) is 68.5 Å². The fourth-order valence-electron chi connectivity index (χ4n) is 11.5. The lowest BCUT2D eigenvalue weighted by molar-refractivity contribution is -0.150. The van der Waals surface area contributed by atoms with Gasteiger partial charge in [0.2, 0.25) is 70.9 Å². The summed E-state index contributed by atoms with van der Waals surface area (Å²) in [6.45, 7) is 1.15. The number of aromatic nitrogens is 2. The summed E-state index contributed by atoms with van der Waals surface area (Å²) in [5.41, 5.74) is 10.7. The first-order valence-corrected chi connectivity index (χ1v) is 35.2. The zero-order valence-electron chi connectivity index (χ0n) is 58.9. The van der Waals surface area contributed by atoms with E-state index in [1.807, 2.05) is 21.3 Å². The summed E-state index contributed by atoms with van der Waals surface area (Å²) < 4.78 is 28.2. The second kappa shape index (κ2) is 38.4. The van der Waals surface area contributed by atoms with Crippen molar-refractivity contribution in [2.24, 2.45) is 17.4 Å². The number of aromatic amines is 2. The van der Waals surface area contributed by atoms with Crippen LogP contribution in [0.4, 0.5) is 0 Å². The second-order valence-electron chi connectivity index (χ2n) is 25.5. The van der Waals surface area contributed by atoms with Gasteiger partial charge in [-0.15, -0.1) is 0 Å². The number of nitrogens with one attached hydrogen (secondary N) is 13. The number of primary amides is 2. The van der Waals surface area contributed by atoms with Gasteiger partial charge in [0.05, 0.1) is 44.9 Å². The Hall–Kier alpha value is -12.7. The Morgan fingerprint density at radius 3 is 1.82 bits per heavy atom. The maximum absolute atomic E-state index is 15.4. The van der Waals surface area contributed by atoms with Crippen molar-refractivity contribution in [3.8, 4) is 5.75 Å². The van der Waals surface area contributed by atoms with Crippen LogP contribution in [0, 0.1) is 5.92 Å². The van der Waals surface area contributed by atoms with Gasteiger partial charge in [-0.1, -0.05) is 68.8 Å². The van der Waals surface area contributed by atoms with Crippen LogP contribution in [0.3, 0.4) is 0 Å². The SMILES string of the molecule is CCCC1OC1C(=O)N[C@@H](CO)C(=O)NC1C(=O)NC(Cc2c[nH]c3ccccc23)C(=O)N[C@@H](CC(=O)O)C(=O)NC(CC(=O)O)C(=O)N[C@H](c2ccc(O)cc2)C(=O)N[C@@H](CC(N)=O)C(=O)NCC(=O)N[C@H]([C@H](OP(=O)(O)O)C(N)=O)C(=O)NC(C(C)CC(=O)O)C(=O)N/C(=C/c2c[nH]c3ccccc23)C(=O)O[C@H]1C. The molecule has 7 rings (SSSR count). The summed E-state index contributed by atoms with van der Waals surface area (Å²) in [6, 6.07) is -4.23. The molecular weight excluding hydrogens is 1490 g/mol. The highest BCUT2D eigenvalue weighted by molar-refractivity contribution is 7.46. The Balaban J connectivity index is 1.41. The third-order valence-corrected chi connectivity index (χ3v) is 17.5. The van der Waals surface area contributed by atoms with Crippen LogP contribution in [0.1, 0.15) is 82.0 Å². The van der Waals surface area contributed by atoms with Crippen LogP contribution in [0.15, 0.2) is 90.9 Å². The van der Waals surface area contributed by atoms with E-state index in [9.17, 15) is 102 Å². The molecule has 0 aliphatic carbocycles. The average molecular weight is 1570 g/mol. The quantitative estimate of drug-likeness (QED) is 0.0118. The molecule has 13 amide bonds. The molecule has 2 saturated heterocycles. The number of rotatable bonds is 24. The van der Waals surface area contributed by atoms with Crippen LogP contribution >= 0.6 is 7.82 Å². The fourth-order valence-corrected chi connectivity index (χ4v) is 12.0. The van der Waals surface area contributed by atoms with Gasteiger partial charge in [-0.25, -0.2) is 9.36 Å². The van der Waals surface area contributed by atoms with Gasteiger partial charge in [-0.05, 0) is 60.7 Å². The summed E-state index contributed by atoms with van der Waals surface area (Å²) in [6.07, 6.45) is -7.91. The number of esters is 1. The number of carboxylic acid groups (broad SMARTS) is 3. The monoisotopic (exact) mass is 1570 g/mol. The van der Waals surface area contributed by atoms with Crippen LogP contribution in [0.5, 0.6) is 5.75 Å². The minimum Gasteiger partial charge on any atom is -0.508 e. The molecule has 4 heterocycles. The van der Waals surface area contributed by atoms with Crippen LogP contribution in [-0.4, -0.2) is 232 Å². The number of carbonyl (C=O) groups excluding carboxylic acids is 14. The number of phosphoric acid groups is 1. The van der Waals surface area contributed by atoms with Gasteiger partial charge < -0.3 is 125 Å². The predicted molar refractivity (Wildman–Crippen MR) is 376 cm³/mol. The molecule has 0 radical (unpaired) electrons. The number of hydrogen-bond donors (Lipinski definition) is 22. The summed E-state index contributed by atoms with van der Waals surface area (Å²) in [4.78, 5) is 263. The molecule has 24 N–H and O–H groups in total. The van der Waals surface area contributed by atoms with Crippen molar-refractivity contribution in [2.75, 3.05) is 13.2 Å². The molecule has 0 spiro atoms. The molecule has 0 saturated carbocycles. The molecule has 596 valence electrons. The van der Waals surface area contributed by atoms with E-state index in [1.54, 1.807) is 49.4 Å². The number of aromatic hydroxyl groups is 1. The molecule has 7 unspecified atom stereocenters. The van der Waals surface area contributed by atoms with E-state index in [1.165, 1.54) is 18.5 Å². The van der Waals surface area contributed by atoms with Crippen molar-refractivity contribution in [1.29, 1.82) is 0 Å². The van der Waals surface area contributed by atoms with Crippen LogP contribution in [0.2, 0.25) is 0 Å². The zero-order chi connectivity index (χ0) is 81.9. The lowest BCUT2D eigenvalue weighted by atomic mass is 9.96. The number of hydrogen-bond acceptors (Lipinski definition) is 23. The number of nitrogens with two attached hydrogens (primary N) is 2. The van der Waals surface area contributed by atoms with Gasteiger partial charge in [-0.3, -0.25) is 81.2 Å². The number of phenolic OH excluding ortho intramolecular Hbond substituents is 1. The highest BCUT2D eigenvalue weighted by atomic mass is 31.2. The molecule has 2 aromatic heterocycles. The van der Waals surface area contributed by atoms with Gasteiger partial charge in [0.25, 0.3) is 5.91 Å². The smallest absolute Gasteiger partial charge is 0.470 e. The molecule has 3 aromatic carbocycles. The zero-order valence-corrected chi connectivity index (χ0v) is 59.8. The fraction of sp³-hybridized carbons (Fsp3) is 0.388. The van der Waals surface area contributed by atoms with E-state index < -0.39 is 250 Å². The number of H-pyrrole nitrogens is 2. The van der Waals surface area contributed by atoms with Crippen LogP contribution in [0.25, 0.3) is 27.9 Å². The number of para-hydroxylation sites is 2. The number of cyclic esters (lactones) is 1. The Morgan fingerprint density at radius 1 is 0.667 bits per heavy atom. The van der Waals surface area contributed by atoms with Gasteiger partial charge in [0.15, 0.2) is 12.2 Å². The first-order chi connectivity index (χ1) is 52.3. The molecule has 2 aliphatic heterocycles. The largest absolute Gasteiger partial charge is 0.508 e. The average Bonchev–Trinajstić information content (AvgIpc) is 1.77. The predicted octanol–water partition coefficient (Wildman–Crippen LogP) is -5.69. The molecule has 2 aliphatic rings. The molecular formula is C67H80N15O28P. The maximum Gasteiger partial charge on any atom is 0.470 e. The number of carboxylic acids is 3. The molecule has 2 fully saturated rings. The van der Waals surface area contributed by atoms with E-state index in [2.05, 4.69) is 51.7 Å². The second-order valence-corrected chi connectivity index (χ2v) is 26.7. The number of benzene rings is 3. The van der Waals surface area contributed by atoms with Crippen molar-refractivity contribution in [3.63, 3.8) is 0 Å². The standard InChI is InChI=1S/C67H80N15O28P/c1-4-9-44-54(109-44)66(103)78-43(27-83)61(98)81-51-29(3)108-67(104)42(20-32-25-71-37-13-8-6-11-35(32)37)77-62(99)50(28(2)18-47(87)88)80-65(102)53(55(56(69)93)110-111(105,106)107)79-46(86)26-72-57(94)39(21-45(68)85)76-64(101)52(30-14-16-33(84)17-15-30)82-60(97)41(23-49(91)92)74-59(96)40(22-48(89)90)73-58(95)38(75-63(51)100)19-31-24-70-36-12-7-5-10-34(31)36/h5-8,10-17,20,24-25,28-29,38-41,43-44,50-55,70-71,83-84H,4,9,18-19,21-23,26-27H2,1-3H3,(H2,68,85)(H2,69,93)(H,72,94)(H,73,95)(H,74,96)(H,75,100)(H,76,101)(H,77,99)(H,78,103)(H,79,86)(H,80,102)(H,81,98)(H,82,97)(H,87,88)(H,89,90)(H,91,92)(H2,105,106,107)/b42-20+/t28?,29-,38?,39-,40-,41?,43-,44?,50?,51?,52+,53+,54?,55-/m0/s1. The van der Waals surface area contributed by atoms with E-state index in [0.29, 0.717) is 34.6 Å². The number of ether oxygens (including phenoxy) is 2. The summed E-state index contributed by atoms with van der Waals surface area (Å²) in [5, 5.41) is 75.1. The number of carbonyl (C=O) groups is 17. The Labute approximate surface area is 626 Å². The highest BCUT2D eigenvalue weighted by Crippen LogP contribution is 2.38. The number of fused-ring (bicyclic) bond motifs is 2. The third kappa shape index (κ3) is 24.4. The van der Waals surface area contributed by atoms with E-state index in [0.717, 1.165) is 44.2 Å². The minimum atomic E-state index is -6.01. The van der Waals surface area contributed by atoms with Gasteiger partial charge in [0, 0.05) is 46.2 Å². The number of phenols is 1. The lowest BCUT2D eigenvalue weighted by Gasteiger charge is -2.30. The third-order valence-electron chi connectivity index (χ3n) is 17.0. The van der Waals surface area contributed by atoms with E-state index in [-0.39, 0.29) is 16.7 Å². The van der Waals surface area contributed by atoms with Crippen molar-refractivity contribution in [3.05, 3.63) is 108 Å². The molecule has 0 bridgehead atoms. The summed E-state index contributed by atoms with van der Waals surface area (Å²) in [7, 11) is -6.01. The van der Waals surface area contributed by atoms with Crippen LogP contribution in [-0.2, 0) is 106 Å². The molecule has 14 atom stereocenters. The molecule has 44 heteroatoms. The summed E-state index contributed by atoms with van der Waals surface area (Å²) >= 11 is 0. The van der Waals surface area contributed by atoms with Crippen molar-refractivity contribution >= 4 is 136 Å². The molecule has 111 heavy (non-hydrogen) atoms. The van der Waals surface area contributed by atoms with Gasteiger partial charge in [-0.2, -0.15) is 0 Å². The molecule has 43 nitrogen and oxygen atoms in total. The Morgan fingerprint density at radius 2 is 1.23 bits per heavy atom. The van der Waals surface area contributed by atoms with E-state index >= 15 is 19.2 Å². The number of epoxide rings is 1. The normalized spacial score (nSPS) is 23.8. The highest BCUT2D eigenvalue weighted by Gasteiger charge is 2.47. The topological polar surface area (TPSA) is 696 Å². The van der Waals surface area contributed by atoms with Gasteiger partial charge in [0.1, 0.15) is 71.9 Å². The van der Waals surface area contributed by atoms with E-state index in [4.69, 9.17) is 20.9 Å².